The molecule has 0 fully saturated rings. The van der Waals surface area contributed by atoms with Gasteiger partial charge in [-0.15, -0.1) is 0 Å². The van der Waals surface area contributed by atoms with Crippen LogP contribution in [0.25, 0.3) is 5.69 Å². The van der Waals surface area contributed by atoms with Gasteiger partial charge in [0, 0.05) is 30.8 Å². The normalized spacial score (nSPS) is 10.6. The van der Waals surface area contributed by atoms with Crippen LogP contribution in [-0.4, -0.2) is 54.2 Å². The summed E-state index contributed by atoms with van der Waals surface area (Å²) in [5.74, 6) is -3.17. The van der Waals surface area contributed by atoms with Crippen molar-refractivity contribution in [2.75, 3.05) is 13.6 Å². The van der Waals surface area contributed by atoms with Gasteiger partial charge in [0.25, 0.3) is 5.91 Å². The van der Waals surface area contributed by atoms with Crippen molar-refractivity contribution in [3.63, 3.8) is 0 Å². The number of carbonyl (C=O) groups excluding carboxylic acids is 5. The SMILES string of the molecule is CC(=O)OCOC(=O)c1cccc(/C=N/NC(=O)c2ccc(C(=O)OCOC(C)=O)c(-n3c(C)ccc3C)c2)c1. The predicted octanol–water partition coefficient (Wildman–Crippen LogP) is 3.21. The van der Waals surface area contributed by atoms with Crippen molar-refractivity contribution in [3.8, 4) is 5.69 Å². The average molecular weight is 550 g/mol. The number of nitrogens with one attached hydrogen (secondary N) is 1. The Labute approximate surface area is 229 Å². The summed E-state index contributed by atoms with van der Waals surface area (Å²) in [6, 6.07) is 14.4. The maximum absolute atomic E-state index is 12.9. The van der Waals surface area contributed by atoms with Crippen LogP contribution in [0.1, 0.15) is 61.9 Å². The number of ether oxygens (including phenoxy) is 4. The van der Waals surface area contributed by atoms with Crippen LogP contribution in [0.15, 0.2) is 59.7 Å². The van der Waals surface area contributed by atoms with E-state index in [0.717, 1.165) is 11.4 Å². The van der Waals surface area contributed by atoms with E-state index >= 15 is 0 Å². The van der Waals surface area contributed by atoms with E-state index in [-0.39, 0.29) is 16.7 Å². The number of esters is 4. The van der Waals surface area contributed by atoms with Crippen molar-refractivity contribution >= 4 is 36.0 Å². The lowest BCUT2D eigenvalue weighted by molar-refractivity contribution is -0.150. The Morgan fingerprint density at radius 2 is 1.40 bits per heavy atom. The van der Waals surface area contributed by atoms with E-state index in [9.17, 15) is 24.0 Å². The highest BCUT2D eigenvalue weighted by Gasteiger charge is 2.19. The number of aromatic nitrogens is 1. The molecular weight excluding hydrogens is 522 g/mol. The first-order valence-corrected chi connectivity index (χ1v) is 11.9. The third-order valence-electron chi connectivity index (χ3n) is 5.40. The first kappa shape index (κ1) is 29.3. The van der Waals surface area contributed by atoms with E-state index in [2.05, 4.69) is 20.0 Å². The topological polar surface area (TPSA) is 152 Å². The lowest BCUT2D eigenvalue weighted by atomic mass is 10.1. The zero-order chi connectivity index (χ0) is 29.2. The number of hydrogen-bond donors (Lipinski definition) is 1. The van der Waals surface area contributed by atoms with Crippen molar-refractivity contribution in [1.29, 1.82) is 0 Å². The summed E-state index contributed by atoms with van der Waals surface area (Å²) >= 11 is 0. The molecule has 0 atom stereocenters. The Morgan fingerprint density at radius 3 is 2.02 bits per heavy atom. The Kier molecular flexibility index (Phi) is 9.90. The molecule has 0 aliphatic rings. The Balaban J connectivity index is 1.76. The number of hydrazone groups is 1. The summed E-state index contributed by atoms with van der Waals surface area (Å²) in [6.45, 7) is 5.03. The van der Waals surface area contributed by atoms with E-state index in [0.29, 0.717) is 11.3 Å². The largest absolute Gasteiger partial charge is 0.428 e. The molecule has 2 aromatic carbocycles. The zero-order valence-electron chi connectivity index (χ0n) is 22.3. The van der Waals surface area contributed by atoms with E-state index in [1.807, 2.05) is 26.0 Å². The molecule has 0 aliphatic heterocycles. The van der Waals surface area contributed by atoms with Crippen LogP contribution < -0.4 is 5.43 Å². The van der Waals surface area contributed by atoms with E-state index in [4.69, 9.17) is 9.47 Å². The predicted molar refractivity (Wildman–Crippen MR) is 141 cm³/mol. The van der Waals surface area contributed by atoms with E-state index in [1.54, 1.807) is 16.7 Å². The first-order chi connectivity index (χ1) is 19.1. The monoisotopic (exact) mass is 549 g/mol. The lowest BCUT2D eigenvalue weighted by Gasteiger charge is -2.15. The number of carbonyl (C=O) groups is 5. The molecule has 0 unspecified atom stereocenters. The maximum Gasteiger partial charge on any atom is 0.343 e. The highest BCUT2D eigenvalue weighted by molar-refractivity contribution is 5.99. The fourth-order valence-corrected chi connectivity index (χ4v) is 3.55. The molecule has 1 amide bonds. The zero-order valence-corrected chi connectivity index (χ0v) is 22.3. The summed E-state index contributed by atoms with van der Waals surface area (Å²) in [5, 5.41) is 3.95. The molecular formula is C28H27N3O9. The van der Waals surface area contributed by atoms with Gasteiger partial charge in [-0.1, -0.05) is 12.1 Å². The smallest absolute Gasteiger partial charge is 0.343 e. The molecule has 12 nitrogen and oxygen atoms in total. The van der Waals surface area contributed by atoms with Crippen molar-refractivity contribution < 1.29 is 42.9 Å². The van der Waals surface area contributed by atoms with Gasteiger partial charge in [0.15, 0.2) is 0 Å². The fourth-order valence-electron chi connectivity index (χ4n) is 3.55. The molecule has 1 aromatic heterocycles. The molecule has 3 rings (SSSR count). The Hall–Kier alpha value is -5.26. The van der Waals surface area contributed by atoms with Crippen LogP contribution in [0.2, 0.25) is 0 Å². The molecule has 3 aromatic rings. The van der Waals surface area contributed by atoms with Crippen LogP contribution in [0.3, 0.4) is 0 Å². The average Bonchev–Trinajstić information content (AvgIpc) is 3.25. The molecule has 0 saturated heterocycles. The maximum atomic E-state index is 12.9. The van der Waals surface area contributed by atoms with E-state index < -0.39 is 43.4 Å². The number of rotatable bonds is 10. The second kappa shape index (κ2) is 13.5. The highest BCUT2D eigenvalue weighted by atomic mass is 16.7. The van der Waals surface area contributed by atoms with Crippen LogP contribution in [0.4, 0.5) is 0 Å². The summed E-state index contributed by atoms with van der Waals surface area (Å²) in [4.78, 5) is 59.5. The summed E-state index contributed by atoms with van der Waals surface area (Å²) in [5.41, 5.74) is 5.49. The van der Waals surface area contributed by atoms with Crippen LogP contribution in [0, 0.1) is 13.8 Å². The molecule has 40 heavy (non-hydrogen) atoms. The van der Waals surface area contributed by atoms with Crippen molar-refractivity contribution in [1.82, 2.24) is 9.99 Å². The Bertz CT molecular complexity index is 1450. The molecule has 12 heteroatoms. The van der Waals surface area contributed by atoms with Gasteiger partial charge < -0.3 is 23.5 Å². The van der Waals surface area contributed by atoms with Crippen LogP contribution in [-0.2, 0) is 28.5 Å². The number of hydrogen-bond acceptors (Lipinski definition) is 10. The van der Waals surface area contributed by atoms with Crippen molar-refractivity contribution in [2.45, 2.75) is 27.7 Å². The summed E-state index contributed by atoms with van der Waals surface area (Å²) in [7, 11) is 0. The van der Waals surface area contributed by atoms with Gasteiger partial charge >= 0.3 is 23.9 Å². The van der Waals surface area contributed by atoms with Crippen molar-refractivity contribution in [2.24, 2.45) is 5.10 Å². The van der Waals surface area contributed by atoms with Gasteiger partial charge in [0.05, 0.1) is 23.0 Å². The second-order valence-corrected chi connectivity index (χ2v) is 8.38. The Morgan fingerprint density at radius 1 is 0.775 bits per heavy atom. The molecule has 0 saturated carbocycles. The van der Waals surface area contributed by atoms with Gasteiger partial charge in [0.2, 0.25) is 13.6 Å². The number of aryl methyl sites for hydroxylation is 2. The molecule has 1 heterocycles. The van der Waals surface area contributed by atoms with Crippen LogP contribution in [0.5, 0.6) is 0 Å². The van der Waals surface area contributed by atoms with E-state index in [1.165, 1.54) is 50.4 Å². The van der Waals surface area contributed by atoms with Gasteiger partial charge in [0.1, 0.15) is 0 Å². The van der Waals surface area contributed by atoms with Gasteiger partial charge in [-0.05, 0) is 61.9 Å². The molecule has 1 N–H and O–H groups in total. The number of benzene rings is 2. The summed E-state index contributed by atoms with van der Waals surface area (Å²) < 4.78 is 21.0. The van der Waals surface area contributed by atoms with Crippen LogP contribution >= 0.6 is 0 Å². The molecule has 0 aliphatic carbocycles. The van der Waals surface area contributed by atoms with Gasteiger partial charge in [-0.25, -0.2) is 15.0 Å². The third-order valence-corrected chi connectivity index (χ3v) is 5.40. The number of amides is 1. The minimum absolute atomic E-state index is 0.159. The lowest BCUT2D eigenvalue weighted by Crippen LogP contribution is -2.20. The minimum Gasteiger partial charge on any atom is -0.428 e. The molecule has 0 radical (unpaired) electrons. The molecule has 208 valence electrons. The minimum atomic E-state index is -0.736. The second-order valence-electron chi connectivity index (χ2n) is 8.38. The summed E-state index contributed by atoms with van der Waals surface area (Å²) in [6.07, 6.45) is 1.34. The number of nitrogens with zero attached hydrogens (tertiary/aromatic N) is 2. The molecule has 0 spiro atoms. The molecule has 0 bridgehead atoms. The van der Waals surface area contributed by atoms with Gasteiger partial charge in [-0.3, -0.25) is 14.4 Å². The first-order valence-electron chi connectivity index (χ1n) is 11.9. The van der Waals surface area contributed by atoms with Crippen molar-refractivity contribution in [3.05, 3.63) is 88.2 Å². The highest BCUT2D eigenvalue weighted by Crippen LogP contribution is 2.23. The van der Waals surface area contributed by atoms with Gasteiger partial charge in [-0.2, -0.15) is 5.10 Å². The standard InChI is InChI=1S/C28H27N3O9/c1-17-8-9-18(2)31(17)25-13-22(10-11-24(25)28(36)40-16-38-20(4)33)26(34)30-29-14-21-6-5-7-23(12-21)27(35)39-15-37-19(3)32/h5-14H,15-16H2,1-4H3,(H,30,34)/b29-14+. The fraction of sp³-hybridized carbons (Fsp3) is 0.214. The quantitative estimate of drug-likeness (QED) is 0.174. The third kappa shape index (κ3) is 7.87.